The Kier molecular flexibility index (Phi) is 1.81. The Morgan fingerprint density at radius 2 is 2.40 bits per heavy atom. The smallest absolute Gasteiger partial charge is 0.221 e. The molecule has 0 spiro atoms. The van der Waals surface area contributed by atoms with E-state index in [2.05, 4.69) is 43.5 Å². The lowest BCUT2D eigenvalue weighted by molar-refractivity contribution is 0.450. The number of nitrogens with zero attached hydrogens (tertiary/aromatic N) is 4. The van der Waals surface area contributed by atoms with Crippen LogP contribution in [0.15, 0.2) is 12.1 Å². The summed E-state index contributed by atoms with van der Waals surface area (Å²) in [4.78, 5) is 0. The summed E-state index contributed by atoms with van der Waals surface area (Å²) in [5.41, 5.74) is 2.31. The molecule has 2 N–H and O–H groups in total. The zero-order valence-corrected chi connectivity index (χ0v) is 8.44. The molecule has 6 heteroatoms. The maximum atomic E-state index is 4.00. The van der Waals surface area contributed by atoms with Crippen LogP contribution in [0.2, 0.25) is 0 Å². The number of hydrogen-bond acceptors (Lipinski definition) is 4. The van der Waals surface area contributed by atoms with Crippen LogP contribution in [0, 0.1) is 0 Å². The molecule has 0 saturated heterocycles. The molecule has 1 aliphatic rings. The molecule has 2 aromatic heterocycles. The van der Waals surface area contributed by atoms with E-state index >= 15 is 0 Å². The Bertz CT molecular complexity index is 457. The summed E-state index contributed by atoms with van der Waals surface area (Å²) in [5, 5.41) is 17.5. The van der Waals surface area contributed by atoms with E-state index in [1.165, 1.54) is 5.69 Å². The highest BCUT2D eigenvalue weighted by atomic mass is 15.5. The molecule has 3 heterocycles. The van der Waals surface area contributed by atoms with Gasteiger partial charge in [-0.1, -0.05) is 0 Å². The third-order valence-electron chi connectivity index (χ3n) is 2.82. The SMILES string of the molecule is CC1NCCn2c(-c3nn[nH]n3)ccc21. The first-order valence-electron chi connectivity index (χ1n) is 5.03. The van der Waals surface area contributed by atoms with E-state index in [1.807, 2.05) is 6.07 Å². The van der Waals surface area contributed by atoms with Crippen molar-refractivity contribution in [3.63, 3.8) is 0 Å². The summed E-state index contributed by atoms with van der Waals surface area (Å²) in [6.45, 7) is 4.09. The highest BCUT2D eigenvalue weighted by molar-refractivity contribution is 5.51. The molecule has 3 rings (SSSR count). The van der Waals surface area contributed by atoms with Crippen LogP contribution in [0.3, 0.4) is 0 Å². The van der Waals surface area contributed by atoms with Crippen molar-refractivity contribution in [3.05, 3.63) is 17.8 Å². The van der Waals surface area contributed by atoms with Gasteiger partial charge in [0.25, 0.3) is 0 Å². The minimum absolute atomic E-state index is 0.388. The minimum atomic E-state index is 0.388. The number of rotatable bonds is 1. The highest BCUT2D eigenvalue weighted by Crippen LogP contribution is 2.24. The standard InChI is InChI=1S/C9H12N6/c1-6-7-2-3-8(9-11-13-14-12-9)15(7)5-4-10-6/h2-3,6,10H,4-5H2,1H3,(H,11,12,13,14). The Morgan fingerprint density at radius 1 is 1.47 bits per heavy atom. The molecule has 78 valence electrons. The molecule has 6 nitrogen and oxygen atoms in total. The third kappa shape index (κ3) is 1.25. The number of H-pyrrole nitrogens is 1. The predicted octanol–water partition coefficient (Wildman–Crippen LogP) is 0.332. The molecule has 0 amide bonds. The first-order valence-corrected chi connectivity index (χ1v) is 5.03. The number of fused-ring (bicyclic) bond motifs is 1. The number of aromatic amines is 1. The van der Waals surface area contributed by atoms with Gasteiger partial charge in [-0.15, -0.1) is 10.2 Å². The van der Waals surface area contributed by atoms with Crippen molar-refractivity contribution in [2.24, 2.45) is 0 Å². The number of nitrogens with one attached hydrogen (secondary N) is 2. The average Bonchev–Trinajstić information content (AvgIpc) is 2.85. The second kappa shape index (κ2) is 3.16. The van der Waals surface area contributed by atoms with Crippen LogP contribution in [0.25, 0.3) is 11.5 Å². The molecular weight excluding hydrogens is 192 g/mol. The van der Waals surface area contributed by atoms with Gasteiger partial charge in [0.15, 0.2) is 0 Å². The maximum absolute atomic E-state index is 4.00. The topological polar surface area (TPSA) is 71.4 Å². The predicted molar refractivity (Wildman–Crippen MR) is 54.0 cm³/mol. The summed E-state index contributed by atoms with van der Waals surface area (Å²) >= 11 is 0. The normalized spacial score (nSPS) is 20.2. The Hall–Kier alpha value is -1.69. The molecule has 1 unspecified atom stereocenters. The van der Waals surface area contributed by atoms with E-state index in [1.54, 1.807) is 0 Å². The van der Waals surface area contributed by atoms with Crippen molar-refractivity contribution in [1.82, 2.24) is 30.5 Å². The van der Waals surface area contributed by atoms with E-state index in [9.17, 15) is 0 Å². The lowest BCUT2D eigenvalue weighted by atomic mass is 10.2. The van der Waals surface area contributed by atoms with E-state index in [4.69, 9.17) is 0 Å². The van der Waals surface area contributed by atoms with Crippen LogP contribution in [-0.4, -0.2) is 31.7 Å². The van der Waals surface area contributed by atoms with E-state index in [0.717, 1.165) is 18.8 Å². The Labute approximate surface area is 86.7 Å². The fraction of sp³-hybridized carbons (Fsp3) is 0.444. The molecule has 0 fully saturated rings. The van der Waals surface area contributed by atoms with Crippen LogP contribution in [0.4, 0.5) is 0 Å². The zero-order valence-electron chi connectivity index (χ0n) is 8.44. The van der Waals surface area contributed by atoms with Gasteiger partial charge in [0.2, 0.25) is 5.82 Å². The molecular formula is C9H12N6. The monoisotopic (exact) mass is 204 g/mol. The van der Waals surface area contributed by atoms with Gasteiger partial charge >= 0.3 is 0 Å². The second-order valence-electron chi connectivity index (χ2n) is 3.71. The minimum Gasteiger partial charge on any atom is -0.339 e. The van der Waals surface area contributed by atoms with Crippen LogP contribution in [0.5, 0.6) is 0 Å². The molecule has 2 aromatic rings. The summed E-state index contributed by atoms with van der Waals surface area (Å²) < 4.78 is 2.24. The Morgan fingerprint density at radius 3 is 3.20 bits per heavy atom. The summed E-state index contributed by atoms with van der Waals surface area (Å²) in [5.74, 6) is 0.662. The average molecular weight is 204 g/mol. The van der Waals surface area contributed by atoms with Gasteiger partial charge in [-0.05, 0) is 24.3 Å². The van der Waals surface area contributed by atoms with Gasteiger partial charge in [-0.25, -0.2) is 0 Å². The van der Waals surface area contributed by atoms with Gasteiger partial charge in [0, 0.05) is 24.8 Å². The zero-order chi connectivity index (χ0) is 10.3. The molecule has 0 saturated carbocycles. The number of hydrogen-bond donors (Lipinski definition) is 2. The maximum Gasteiger partial charge on any atom is 0.221 e. The molecule has 0 aromatic carbocycles. The van der Waals surface area contributed by atoms with Crippen LogP contribution in [-0.2, 0) is 6.54 Å². The van der Waals surface area contributed by atoms with Gasteiger partial charge in [-0.2, -0.15) is 5.21 Å². The van der Waals surface area contributed by atoms with Crippen molar-refractivity contribution < 1.29 is 0 Å². The Balaban J connectivity index is 2.11. The van der Waals surface area contributed by atoms with Crippen molar-refractivity contribution in [2.75, 3.05) is 6.54 Å². The molecule has 1 atom stereocenters. The van der Waals surface area contributed by atoms with Gasteiger partial charge in [0.05, 0.1) is 5.69 Å². The molecule has 15 heavy (non-hydrogen) atoms. The lowest BCUT2D eigenvalue weighted by Crippen LogP contribution is -2.31. The van der Waals surface area contributed by atoms with E-state index < -0.39 is 0 Å². The van der Waals surface area contributed by atoms with Crippen LogP contribution in [0.1, 0.15) is 18.7 Å². The third-order valence-corrected chi connectivity index (χ3v) is 2.82. The van der Waals surface area contributed by atoms with Gasteiger partial charge in [-0.3, -0.25) is 0 Å². The fourth-order valence-corrected chi connectivity index (χ4v) is 2.07. The summed E-state index contributed by atoms with van der Waals surface area (Å²) in [6, 6.07) is 4.55. The molecule has 0 aliphatic carbocycles. The first-order chi connectivity index (χ1) is 7.36. The summed E-state index contributed by atoms with van der Waals surface area (Å²) in [6.07, 6.45) is 0. The van der Waals surface area contributed by atoms with Crippen LogP contribution >= 0.6 is 0 Å². The van der Waals surface area contributed by atoms with Crippen LogP contribution < -0.4 is 5.32 Å². The highest BCUT2D eigenvalue weighted by Gasteiger charge is 2.20. The van der Waals surface area contributed by atoms with E-state index in [-0.39, 0.29) is 0 Å². The second-order valence-corrected chi connectivity index (χ2v) is 3.71. The van der Waals surface area contributed by atoms with Crippen molar-refractivity contribution in [1.29, 1.82) is 0 Å². The fourth-order valence-electron chi connectivity index (χ4n) is 2.07. The van der Waals surface area contributed by atoms with Gasteiger partial charge < -0.3 is 9.88 Å². The van der Waals surface area contributed by atoms with E-state index in [0.29, 0.717) is 11.9 Å². The van der Waals surface area contributed by atoms with Gasteiger partial charge in [0.1, 0.15) is 0 Å². The number of tetrazole rings is 1. The van der Waals surface area contributed by atoms with Crippen molar-refractivity contribution in [2.45, 2.75) is 19.5 Å². The van der Waals surface area contributed by atoms with Crippen molar-refractivity contribution in [3.8, 4) is 11.5 Å². The molecule has 0 radical (unpaired) electrons. The van der Waals surface area contributed by atoms with Crippen molar-refractivity contribution >= 4 is 0 Å². The number of aromatic nitrogens is 5. The lowest BCUT2D eigenvalue weighted by Gasteiger charge is -2.24. The largest absolute Gasteiger partial charge is 0.339 e. The molecule has 0 bridgehead atoms. The summed E-state index contributed by atoms with van der Waals surface area (Å²) in [7, 11) is 0. The quantitative estimate of drug-likeness (QED) is 0.702. The first kappa shape index (κ1) is 8.60. The molecule has 1 aliphatic heterocycles.